The van der Waals surface area contributed by atoms with Gasteiger partial charge in [-0.15, -0.1) is 0 Å². The molecule has 1 aliphatic rings. The summed E-state index contributed by atoms with van der Waals surface area (Å²) in [5.74, 6) is -0.133. The van der Waals surface area contributed by atoms with Gasteiger partial charge in [-0.1, -0.05) is 26.0 Å². The number of carbonyl (C=O) groups excluding carboxylic acids is 1. The second kappa shape index (κ2) is 6.61. The number of benzene rings is 1. The number of carboxylic acid groups (broad SMARTS) is 1. The van der Waals surface area contributed by atoms with Crippen LogP contribution in [0.3, 0.4) is 0 Å². The summed E-state index contributed by atoms with van der Waals surface area (Å²) in [5, 5.41) is 14.4. The number of amides is 2. The number of carboxylic acids is 1. The number of urea groups is 1. The Hall–Kier alpha value is -2.04. The van der Waals surface area contributed by atoms with Gasteiger partial charge in [0.05, 0.1) is 6.42 Å². The number of hydrogen-bond donors (Lipinski definition) is 3. The summed E-state index contributed by atoms with van der Waals surface area (Å²) in [5.41, 5.74) is 1.92. The van der Waals surface area contributed by atoms with Gasteiger partial charge in [0.15, 0.2) is 0 Å². The fourth-order valence-corrected chi connectivity index (χ4v) is 2.31. The minimum atomic E-state index is -0.881. The third-order valence-corrected chi connectivity index (χ3v) is 3.74. The van der Waals surface area contributed by atoms with Crippen LogP contribution in [0.25, 0.3) is 0 Å². The Balaban J connectivity index is 1.89. The molecule has 1 atom stereocenters. The Morgan fingerprint density at radius 3 is 2.33 bits per heavy atom. The lowest BCUT2D eigenvalue weighted by Crippen LogP contribution is -2.40. The van der Waals surface area contributed by atoms with Crippen LogP contribution >= 0.6 is 0 Å². The Morgan fingerprint density at radius 2 is 1.86 bits per heavy atom. The maximum atomic E-state index is 11.9. The van der Waals surface area contributed by atoms with Gasteiger partial charge in [-0.25, -0.2) is 4.79 Å². The molecule has 0 heterocycles. The Kier molecular flexibility index (Phi) is 4.83. The van der Waals surface area contributed by atoms with Crippen LogP contribution in [0.4, 0.5) is 10.5 Å². The highest BCUT2D eigenvalue weighted by atomic mass is 16.4. The van der Waals surface area contributed by atoms with Crippen molar-refractivity contribution in [3.05, 3.63) is 29.8 Å². The van der Waals surface area contributed by atoms with E-state index in [1.54, 1.807) is 0 Å². The molecule has 2 rings (SSSR count). The SMILES string of the molecule is CC(C)c1ccc(NC(=O)NC(CC(=O)O)C2CC2)cc1. The van der Waals surface area contributed by atoms with E-state index >= 15 is 0 Å². The van der Waals surface area contributed by atoms with Gasteiger partial charge >= 0.3 is 12.0 Å². The van der Waals surface area contributed by atoms with Crippen molar-refractivity contribution in [2.75, 3.05) is 5.32 Å². The van der Waals surface area contributed by atoms with Crippen LogP contribution in [0.2, 0.25) is 0 Å². The minimum absolute atomic E-state index is 0.0234. The quantitative estimate of drug-likeness (QED) is 0.753. The highest BCUT2D eigenvalue weighted by Gasteiger charge is 2.33. The zero-order valence-electron chi connectivity index (χ0n) is 12.4. The predicted octanol–water partition coefficient (Wildman–Crippen LogP) is 3.18. The highest BCUT2D eigenvalue weighted by Crippen LogP contribution is 2.34. The first-order chi connectivity index (χ1) is 9.95. The lowest BCUT2D eigenvalue weighted by atomic mass is 10.0. The molecule has 0 aromatic heterocycles. The number of hydrogen-bond acceptors (Lipinski definition) is 2. The van der Waals surface area contributed by atoms with Crippen molar-refractivity contribution in [3.8, 4) is 0 Å². The average Bonchev–Trinajstić information content (AvgIpc) is 3.22. The third kappa shape index (κ3) is 4.77. The van der Waals surface area contributed by atoms with E-state index in [0.29, 0.717) is 17.5 Å². The molecule has 1 unspecified atom stereocenters. The molecule has 5 nitrogen and oxygen atoms in total. The van der Waals surface area contributed by atoms with Crippen LogP contribution in [0.5, 0.6) is 0 Å². The van der Waals surface area contributed by atoms with E-state index in [9.17, 15) is 9.59 Å². The molecule has 1 fully saturated rings. The largest absolute Gasteiger partial charge is 0.481 e. The van der Waals surface area contributed by atoms with Gasteiger partial charge in [-0.05, 0) is 42.4 Å². The number of rotatable bonds is 6. The van der Waals surface area contributed by atoms with Crippen molar-refractivity contribution >= 4 is 17.7 Å². The third-order valence-electron chi connectivity index (χ3n) is 3.74. The van der Waals surface area contributed by atoms with E-state index < -0.39 is 5.97 Å². The molecule has 0 saturated heterocycles. The molecule has 0 spiro atoms. The number of carbonyl (C=O) groups is 2. The minimum Gasteiger partial charge on any atom is -0.481 e. The first kappa shape index (κ1) is 15.4. The molecular formula is C16H22N2O3. The van der Waals surface area contributed by atoms with E-state index in [-0.39, 0.29) is 18.5 Å². The molecular weight excluding hydrogens is 268 g/mol. The van der Waals surface area contributed by atoms with E-state index in [2.05, 4.69) is 24.5 Å². The van der Waals surface area contributed by atoms with Crippen molar-refractivity contribution in [1.82, 2.24) is 5.32 Å². The topological polar surface area (TPSA) is 78.4 Å². The monoisotopic (exact) mass is 290 g/mol. The number of aliphatic carboxylic acids is 1. The van der Waals surface area contributed by atoms with Crippen molar-refractivity contribution in [3.63, 3.8) is 0 Å². The molecule has 1 aromatic rings. The molecule has 1 saturated carbocycles. The molecule has 0 bridgehead atoms. The highest BCUT2D eigenvalue weighted by molar-refractivity contribution is 5.89. The summed E-state index contributed by atoms with van der Waals surface area (Å²) >= 11 is 0. The number of nitrogens with one attached hydrogen (secondary N) is 2. The molecule has 1 aromatic carbocycles. The van der Waals surface area contributed by atoms with Gasteiger partial charge < -0.3 is 15.7 Å². The normalized spacial score (nSPS) is 15.6. The standard InChI is InChI=1S/C16H22N2O3/c1-10(2)11-5-7-13(8-6-11)17-16(21)18-14(9-15(19)20)12-3-4-12/h5-8,10,12,14H,3-4,9H2,1-2H3,(H,19,20)(H2,17,18,21). The fourth-order valence-electron chi connectivity index (χ4n) is 2.31. The maximum Gasteiger partial charge on any atom is 0.319 e. The fraction of sp³-hybridized carbons (Fsp3) is 0.500. The van der Waals surface area contributed by atoms with E-state index in [0.717, 1.165) is 12.8 Å². The summed E-state index contributed by atoms with van der Waals surface area (Å²) in [6.07, 6.45) is 1.95. The van der Waals surface area contributed by atoms with Crippen LogP contribution < -0.4 is 10.6 Å². The molecule has 3 N–H and O–H groups in total. The van der Waals surface area contributed by atoms with Crippen molar-refractivity contribution in [2.24, 2.45) is 5.92 Å². The molecule has 2 amide bonds. The molecule has 0 radical (unpaired) electrons. The summed E-state index contributed by atoms with van der Waals surface area (Å²) < 4.78 is 0. The van der Waals surface area contributed by atoms with Crippen molar-refractivity contribution in [1.29, 1.82) is 0 Å². The summed E-state index contributed by atoms with van der Waals surface area (Å²) in [6.45, 7) is 4.22. The van der Waals surface area contributed by atoms with Crippen LogP contribution in [0.1, 0.15) is 44.6 Å². The van der Waals surface area contributed by atoms with Gasteiger partial charge in [0.1, 0.15) is 0 Å². The van der Waals surface area contributed by atoms with Gasteiger partial charge in [-0.3, -0.25) is 4.79 Å². The van der Waals surface area contributed by atoms with Gasteiger partial charge in [0.25, 0.3) is 0 Å². The molecule has 114 valence electrons. The summed E-state index contributed by atoms with van der Waals surface area (Å²) in [4.78, 5) is 22.8. The number of anilines is 1. The zero-order chi connectivity index (χ0) is 15.4. The summed E-state index contributed by atoms with van der Waals surface area (Å²) in [6, 6.07) is 7.06. The Bertz CT molecular complexity index is 507. The van der Waals surface area contributed by atoms with E-state index in [4.69, 9.17) is 5.11 Å². The summed E-state index contributed by atoms with van der Waals surface area (Å²) in [7, 11) is 0. The lowest BCUT2D eigenvalue weighted by molar-refractivity contribution is -0.137. The van der Waals surface area contributed by atoms with Crippen LogP contribution in [-0.4, -0.2) is 23.1 Å². The van der Waals surface area contributed by atoms with Crippen LogP contribution in [-0.2, 0) is 4.79 Å². The first-order valence-corrected chi connectivity index (χ1v) is 7.35. The molecule has 21 heavy (non-hydrogen) atoms. The van der Waals surface area contributed by atoms with Crippen LogP contribution in [0.15, 0.2) is 24.3 Å². The smallest absolute Gasteiger partial charge is 0.319 e. The van der Waals surface area contributed by atoms with E-state index in [1.165, 1.54) is 5.56 Å². The maximum absolute atomic E-state index is 11.9. The Labute approximate surface area is 124 Å². The zero-order valence-corrected chi connectivity index (χ0v) is 12.4. The molecule has 0 aliphatic heterocycles. The van der Waals surface area contributed by atoms with Crippen LogP contribution in [0, 0.1) is 5.92 Å². The Morgan fingerprint density at radius 1 is 1.24 bits per heavy atom. The van der Waals surface area contributed by atoms with Gasteiger partial charge in [0, 0.05) is 11.7 Å². The second-order valence-corrected chi connectivity index (χ2v) is 5.92. The predicted molar refractivity (Wildman–Crippen MR) is 81.5 cm³/mol. The first-order valence-electron chi connectivity index (χ1n) is 7.35. The molecule has 5 heteroatoms. The second-order valence-electron chi connectivity index (χ2n) is 5.92. The molecule has 1 aliphatic carbocycles. The van der Waals surface area contributed by atoms with E-state index in [1.807, 2.05) is 24.3 Å². The van der Waals surface area contributed by atoms with Gasteiger partial charge in [0.2, 0.25) is 0 Å². The lowest BCUT2D eigenvalue weighted by Gasteiger charge is -2.17. The van der Waals surface area contributed by atoms with Gasteiger partial charge in [-0.2, -0.15) is 0 Å². The average molecular weight is 290 g/mol. The van der Waals surface area contributed by atoms with Crippen molar-refractivity contribution in [2.45, 2.75) is 45.1 Å². The van der Waals surface area contributed by atoms with Crippen molar-refractivity contribution < 1.29 is 14.7 Å².